The van der Waals surface area contributed by atoms with Gasteiger partial charge in [-0.25, -0.2) is 0 Å². The molecule has 0 N–H and O–H groups in total. The molecular weight excluding hydrogens is 354 g/mol. The molecule has 0 spiro atoms. The van der Waals surface area contributed by atoms with E-state index in [4.69, 9.17) is 23.7 Å². The highest BCUT2D eigenvalue weighted by atomic mass is 16.7. The molecule has 1 rings (SSSR count). The van der Waals surface area contributed by atoms with Crippen molar-refractivity contribution < 1.29 is 42.9 Å². The van der Waals surface area contributed by atoms with E-state index in [0.717, 1.165) is 27.7 Å². The third-order valence-corrected chi connectivity index (χ3v) is 3.17. The summed E-state index contributed by atoms with van der Waals surface area (Å²) in [5.41, 5.74) is 0. The lowest BCUT2D eigenvalue weighted by molar-refractivity contribution is -0.242. The van der Waals surface area contributed by atoms with E-state index < -0.39 is 54.4 Å². The highest BCUT2D eigenvalue weighted by Crippen LogP contribution is 2.29. The first kappa shape index (κ1) is 21.2. The van der Waals surface area contributed by atoms with Gasteiger partial charge in [0, 0.05) is 32.7 Å². The SMILES string of the molecule is CC(=O)OC[C@H]1O[C@@H](C#[N+][O-])[C@H](OC(C)=O)[C@@H](OC(C)=O)[C@@H]1OC(C)=O. The molecule has 0 aromatic carbocycles. The Hall–Kier alpha value is -2.87. The molecular formula is C15H19NO10. The van der Waals surface area contributed by atoms with Crippen LogP contribution in [-0.4, -0.2) is 61.0 Å². The number of carbonyl (C=O) groups excluding carboxylic acids is 4. The standard InChI is InChI=1S/C15H19NO10/c1-7(17)22-6-12-14(24-9(3)19)15(25-10(4)20)13(23-8(2)18)11(26-12)5-16-21/h11-15H,6H2,1-4H3/t11-,12+,13-,14+,15+/m0/s1. The smallest absolute Gasteiger partial charge is 0.334 e. The van der Waals surface area contributed by atoms with Crippen LogP contribution in [0.1, 0.15) is 27.7 Å². The van der Waals surface area contributed by atoms with Crippen LogP contribution in [-0.2, 0) is 42.9 Å². The van der Waals surface area contributed by atoms with Crippen molar-refractivity contribution in [2.24, 2.45) is 0 Å². The predicted molar refractivity (Wildman–Crippen MR) is 82.6 cm³/mol. The quantitative estimate of drug-likeness (QED) is 0.365. The summed E-state index contributed by atoms with van der Waals surface area (Å²) in [4.78, 5) is 45.4. The zero-order valence-electron chi connectivity index (χ0n) is 14.6. The van der Waals surface area contributed by atoms with Gasteiger partial charge in [0.2, 0.25) is 6.10 Å². The van der Waals surface area contributed by atoms with Crippen LogP contribution in [0.4, 0.5) is 0 Å². The fourth-order valence-electron chi connectivity index (χ4n) is 2.38. The summed E-state index contributed by atoms with van der Waals surface area (Å²) in [7, 11) is 0. The molecule has 0 amide bonds. The van der Waals surface area contributed by atoms with E-state index in [0.29, 0.717) is 0 Å². The van der Waals surface area contributed by atoms with Gasteiger partial charge in [0.05, 0.1) is 0 Å². The van der Waals surface area contributed by atoms with E-state index in [1.165, 1.54) is 0 Å². The van der Waals surface area contributed by atoms with Gasteiger partial charge in [-0.15, -0.1) is 0 Å². The number of nitrogens with zero attached hydrogens (tertiary/aromatic N) is 1. The average Bonchev–Trinajstić information content (AvgIpc) is 2.50. The fourth-order valence-corrected chi connectivity index (χ4v) is 2.38. The number of carbonyl (C=O) groups is 4. The van der Waals surface area contributed by atoms with E-state index in [9.17, 15) is 24.4 Å². The minimum absolute atomic E-state index is 0.380. The summed E-state index contributed by atoms with van der Waals surface area (Å²) in [5, 5.41) is 13.1. The van der Waals surface area contributed by atoms with Crippen molar-refractivity contribution >= 4 is 23.9 Å². The predicted octanol–water partition coefficient (Wildman–Crippen LogP) is -0.0573. The molecule has 1 fully saturated rings. The molecule has 0 aromatic rings. The van der Waals surface area contributed by atoms with Gasteiger partial charge >= 0.3 is 29.9 Å². The molecule has 0 aromatic heterocycles. The van der Waals surface area contributed by atoms with Gasteiger partial charge in [0.1, 0.15) is 12.7 Å². The maximum atomic E-state index is 11.5. The maximum Gasteiger partial charge on any atom is 0.334 e. The maximum absolute atomic E-state index is 11.5. The second kappa shape index (κ2) is 9.57. The van der Waals surface area contributed by atoms with E-state index in [-0.39, 0.29) is 6.61 Å². The van der Waals surface area contributed by atoms with Crippen molar-refractivity contribution in [1.82, 2.24) is 0 Å². The second-order valence-corrected chi connectivity index (χ2v) is 5.34. The van der Waals surface area contributed by atoms with Crippen LogP contribution >= 0.6 is 0 Å². The third-order valence-electron chi connectivity index (χ3n) is 3.17. The lowest BCUT2D eigenvalue weighted by Crippen LogP contribution is -2.62. The van der Waals surface area contributed by atoms with Crippen molar-refractivity contribution in [2.45, 2.75) is 58.2 Å². The lowest BCUT2D eigenvalue weighted by Gasteiger charge is -2.41. The van der Waals surface area contributed by atoms with Crippen LogP contribution in [0.25, 0.3) is 5.01 Å². The minimum Gasteiger partial charge on any atom is -0.498 e. The molecule has 0 bridgehead atoms. The zero-order valence-corrected chi connectivity index (χ0v) is 14.6. The van der Waals surface area contributed by atoms with Crippen LogP contribution in [0.5, 0.6) is 0 Å². The Morgan fingerprint density at radius 2 is 1.38 bits per heavy atom. The first-order valence-corrected chi connectivity index (χ1v) is 7.54. The molecule has 1 aliphatic heterocycles. The summed E-state index contributed by atoms with van der Waals surface area (Å²) in [6.45, 7) is 4.05. The summed E-state index contributed by atoms with van der Waals surface area (Å²) >= 11 is 0. The van der Waals surface area contributed by atoms with Crippen LogP contribution in [0.2, 0.25) is 0 Å². The number of hydrogen-bond donors (Lipinski definition) is 0. The van der Waals surface area contributed by atoms with Crippen molar-refractivity contribution in [1.29, 1.82) is 0 Å². The zero-order chi connectivity index (χ0) is 19.9. The molecule has 1 aliphatic rings. The van der Waals surface area contributed by atoms with Crippen LogP contribution in [0.15, 0.2) is 0 Å². The van der Waals surface area contributed by atoms with Gasteiger partial charge in [0.25, 0.3) is 0 Å². The molecule has 11 heteroatoms. The van der Waals surface area contributed by atoms with Crippen LogP contribution in [0.3, 0.4) is 0 Å². The third kappa shape index (κ3) is 6.21. The van der Waals surface area contributed by atoms with E-state index in [1.807, 2.05) is 6.07 Å². The van der Waals surface area contributed by atoms with Crippen molar-refractivity contribution in [3.8, 4) is 6.07 Å². The largest absolute Gasteiger partial charge is 0.498 e. The van der Waals surface area contributed by atoms with Gasteiger partial charge in [-0.05, 0) is 0 Å². The van der Waals surface area contributed by atoms with Crippen molar-refractivity contribution in [2.75, 3.05) is 6.61 Å². The molecule has 5 atom stereocenters. The Labute approximate surface area is 148 Å². The second-order valence-electron chi connectivity index (χ2n) is 5.34. The first-order valence-electron chi connectivity index (χ1n) is 7.54. The van der Waals surface area contributed by atoms with E-state index in [1.54, 1.807) is 0 Å². The van der Waals surface area contributed by atoms with Crippen molar-refractivity contribution in [3.05, 3.63) is 10.2 Å². The minimum atomic E-state index is -1.35. The highest BCUT2D eigenvalue weighted by molar-refractivity contribution is 5.68. The molecule has 1 saturated heterocycles. The summed E-state index contributed by atoms with van der Waals surface area (Å²) in [6.07, 6.45) is -6.43. The molecule has 0 aliphatic carbocycles. The first-order chi connectivity index (χ1) is 12.1. The topological polar surface area (TPSA) is 142 Å². The fraction of sp³-hybridized carbons (Fsp3) is 0.667. The Balaban J connectivity index is 3.28. The molecule has 0 radical (unpaired) electrons. The van der Waals surface area contributed by atoms with Gasteiger partial charge in [0.15, 0.2) is 18.3 Å². The number of hydrogen-bond acceptors (Lipinski definition) is 10. The number of rotatable bonds is 5. The Bertz CT molecular complexity index is 622. The Kier molecular flexibility index (Phi) is 7.79. The number of esters is 4. The Morgan fingerprint density at radius 1 is 0.885 bits per heavy atom. The summed E-state index contributed by atoms with van der Waals surface area (Å²) < 4.78 is 25.7. The molecule has 0 saturated carbocycles. The molecule has 11 nitrogen and oxygen atoms in total. The highest BCUT2D eigenvalue weighted by Gasteiger charge is 2.53. The molecule has 1 heterocycles. The van der Waals surface area contributed by atoms with E-state index >= 15 is 0 Å². The summed E-state index contributed by atoms with van der Waals surface area (Å²) in [6, 6.07) is 2.03. The molecule has 26 heavy (non-hydrogen) atoms. The van der Waals surface area contributed by atoms with E-state index in [2.05, 4.69) is 5.01 Å². The van der Waals surface area contributed by atoms with Gasteiger partial charge in [-0.3, -0.25) is 19.2 Å². The summed E-state index contributed by atoms with van der Waals surface area (Å²) in [5.74, 6) is -2.92. The van der Waals surface area contributed by atoms with Crippen molar-refractivity contribution in [3.63, 3.8) is 0 Å². The lowest BCUT2D eigenvalue weighted by atomic mass is 9.94. The van der Waals surface area contributed by atoms with Gasteiger partial charge in [-0.2, -0.15) is 0 Å². The van der Waals surface area contributed by atoms with Crippen LogP contribution in [0, 0.1) is 11.3 Å². The van der Waals surface area contributed by atoms with Gasteiger partial charge < -0.3 is 28.9 Å². The van der Waals surface area contributed by atoms with Crippen LogP contribution < -0.4 is 0 Å². The molecule has 0 unspecified atom stereocenters. The molecule has 144 valence electrons. The number of ether oxygens (including phenoxy) is 5. The van der Waals surface area contributed by atoms with Gasteiger partial charge in [-0.1, -0.05) is 0 Å². The average molecular weight is 373 g/mol. The normalized spacial score (nSPS) is 27.3. The monoisotopic (exact) mass is 373 g/mol. The Morgan fingerprint density at radius 3 is 1.85 bits per heavy atom.